The Morgan fingerprint density at radius 1 is 1.44 bits per heavy atom. The molecule has 0 saturated carbocycles. The number of carbonyl (C=O) groups is 1. The van der Waals surface area contributed by atoms with Gasteiger partial charge in [-0.05, 0) is 25.8 Å². The molecule has 1 aromatic rings. The fourth-order valence-corrected chi connectivity index (χ4v) is 2.10. The Balaban J connectivity index is 2.54. The summed E-state index contributed by atoms with van der Waals surface area (Å²) in [7, 11) is 0. The van der Waals surface area contributed by atoms with Crippen LogP contribution in [0.3, 0.4) is 0 Å². The maximum absolute atomic E-state index is 11.8. The lowest BCUT2D eigenvalue weighted by Crippen LogP contribution is -2.43. The lowest BCUT2D eigenvalue weighted by Gasteiger charge is -2.27. The minimum atomic E-state index is -0.801. The van der Waals surface area contributed by atoms with Crippen molar-refractivity contribution < 1.29 is 9.90 Å². The van der Waals surface area contributed by atoms with Gasteiger partial charge in [0.15, 0.2) is 0 Å². The second-order valence-electron chi connectivity index (χ2n) is 4.84. The molecule has 5 nitrogen and oxygen atoms in total. The number of aromatic nitrogens is 2. The van der Waals surface area contributed by atoms with Crippen molar-refractivity contribution in [1.29, 1.82) is 0 Å². The Bertz CT molecular complexity index is 381. The molecule has 0 atom stereocenters. The van der Waals surface area contributed by atoms with Crippen molar-refractivity contribution in [3.63, 3.8) is 0 Å². The number of aliphatic hydroxyl groups is 1. The summed E-state index contributed by atoms with van der Waals surface area (Å²) in [4.78, 5) is 11.8. The van der Waals surface area contributed by atoms with Gasteiger partial charge in [0.1, 0.15) is 5.69 Å². The molecule has 5 heteroatoms. The molecule has 1 aromatic heterocycles. The van der Waals surface area contributed by atoms with Crippen LogP contribution >= 0.6 is 0 Å². The van der Waals surface area contributed by atoms with Crippen molar-refractivity contribution in [1.82, 2.24) is 15.5 Å². The van der Waals surface area contributed by atoms with Crippen LogP contribution in [0.2, 0.25) is 0 Å². The topological polar surface area (TPSA) is 78.0 Å². The van der Waals surface area contributed by atoms with Crippen LogP contribution < -0.4 is 5.32 Å². The summed E-state index contributed by atoms with van der Waals surface area (Å²) < 4.78 is 0. The molecular formula is C13H23N3O2. The van der Waals surface area contributed by atoms with E-state index in [1.165, 1.54) is 0 Å². The van der Waals surface area contributed by atoms with Gasteiger partial charge in [-0.15, -0.1) is 0 Å². The van der Waals surface area contributed by atoms with E-state index >= 15 is 0 Å². The molecule has 1 amide bonds. The predicted octanol–water partition coefficient (Wildman–Crippen LogP) is 1.78. The van der Waals surface area contributed by atoms with Crippen molar-refractivity contribution in [3.05, 3.63) is 17.5 Å². The lowest BCUT2D eigenvalue weighted by atomic mass is 9.92. The standard InChI is InChI=1S/C13H23N3O2/c1-4-6-13(18,7-5-2)9-14-12(17)11-8-10(3)15-16-11/h8,18H,4-7,9H2,1-3H3,(H,14,17)(H,15,16). The minimum absolute atomic E-state index is 0.245. The summed E-state index contributed by atoms with van der Waals surface area (Å²) in [5, 5.41) is 19.7. The SMILES string of the molecule is CCCC(O)(CCC)CNC(=O)c1cc(C)[nH]n1. The molecule has 0 unspecified atom stereocenters. The van der Waals surface area contributed by atoms with Gasteiger partial charge in [-0.1, -0.05) is 26.7 Å². The average Bonchev–Trinajstić information content (AvgIpc) is 2.74. The summed E-state index contributed by atoms with van der Waals surface area (Å²) in [5.74, 6) is -0.245. The first-order valence-corrected chi connectivity index (χ1v) is 6.53. The van der Waals surface area contributed by atoms with Crippen molar-refractivity contribution in [3.8, 4) is 0 Å². The van der Waals surface area contributed by atoms with E-state index in [9.17, 15) is 9.90 Å². The first-order valence-electron chi connectivity index (χ1n) is 6.53. The van der Waals surface area contributed by atoms with Crippen LogP contribution in [0, 0.1) is 6.92 Å². The first kappa shape index (κ1) is 14.7. The minimum Gasteiger partial charge on any atom is -0.388 e. The van der Waals surface area contributed by atoms with Crippen LogP contribution in [0.5, 0.6) is 0 Å². The first-order chi connectivity index (χ1) is 8.50. The van der Waals surface area contributed by atoms with Crippen LogP contribution in [0.25, 0.3) is 0 Å². The van der Waals surface area contributed by atoms with Gasteiger partial charge >= 0.3 is 0 Å². The van der Waals surface area contributed by atoms with Gasteiger partial charge in [-0.25, -0.2) is 0 Å². The molecule has 1 heterocycles. The predicted molar refractivity (Wildman–Crippen MR) is 70.4 cm³/mol. The number of carbonyl (C=O) groups excluding carboxylic acids is 1. The Morgan fingerprint density at radius 2 is 2.06 bits per heavy atom. The van der Waals surface area contributed by atoms with Crippen molar-refractivity contribution in [2.24, 2.45) is 0 Å². The largest absolute Gasteiger partial charge is 0.388 e. The number of aromatic amines is 1. The molecule has 0 aliphatic rings. The van der Waals surface area contributed by atoms with E-state index in [4.69, 9.17) is 0 Å². The van der Waals surface area contributed by atoms with Gasteiger partial charge in [0, 0.05) is 12.2 Å². The van der Waals surface area contributed by atoms with E-state index in [-0.39, 0.29) is 12.5 Å². The normalized spacial score (nSPS) is 11.6. The van der Waals surface area contributed by atoms with Gasteiger partial charge in [0.05, 0.1) is 5.60 Å². The lowest BCUT2D eigenvalue weighted by molar-refractivity contribution is 0.0212. The summed E-state index contributed by atoms with van der Waals surface area (Å²) in [6, 6.07) is 1.69. The molecule has 0 radical (unpaired) electrons. The van der Waals surface area contributed by atoms with Crippen LogP contribution in [0.1, 0.15) is 55.7 Å². The highest BCUT2D eigenvalue weighted by Crippen LogP contribution is 2.18. The monoisotopic (exact) mass is 253 g/mol. The quantitative estimate of drug-likeness (QED) is 0.693. The Kier molecular flexibility index (Phi) is 5.34. The number of aryl methyl sites for hydroxylation is 1. The highest BCUT2D eigenvalue weighted by Gasteiger charge is 2.25. The number of amides is 1. The molecule has 3 N–H and O–H groups in total. The fourth-order valence-electron chi connectivity index (χ4n) is 2.10. The second-order valence-corrected chi connectivity index (χ2v) is 4.84. The van der Waals surface area contributed by atoms with Gasteiger partial charge in [-0.2, -0.15) is 5.10 Å². The van der Waals surface area contributed by atoms with E-state index in [1.807, 2.05) is 20.8 Å². The molecule has 1 rings (SSSR count). The zero-order chi connectivity index (χ0) is 13.6. The Hall–Kier alpha value is -1.36. The molecule has 102 valence electrons. The third kappa shape index (κ3) is 4.14. The molecule has 0 spiro atoms. The number of rotatable bonds is 7. The van der Waals surface area contributed by atoms with Gasteiger partial charge < -0.3 is 10.4 Å². The molecule has 0 saturated heterocycles. The van der Waals surface area contributed by atoms with Crippen molar-refractivity contribution in [2.45, 2.75) is 52.1 Å². The molecule has 0 fully saturated rings. The zero-order valence-corrected chi connectivity index (χ0v) is 11.4. The number of H-pyrrole nitrogens is 1. The summed E-state index contributed by atoms with van der Waals surface area (Å²) >= 11 is 0. The van der Waals surface area contributed by atoms with Gasteiger partial charge in [0.2, 0.25) is 0 Å². The van der Waals surface area contributed by atoms with Gasteiger partial charge in [-0.3, -0.25) is 9.89 Å². The van der Waals surface area contributed by atoms with E-state index < -0.39 is 5.60 Å². The third-order valence-electron chi connectivity index (χ3n) is 2.95. The molecule has 0 aromatic carbocycles. The zero-order valence-electron chi connectivity index (χ0n) is 11.4. The number of nitrogens with zero attached hydrogens (tertiary/aromatic N) is 1. The van der Waals surface area contributed by atoms with E-state index in [0.29, 0.717) is 18.5 Å². The molecule has 0 aliphatic heterocycles. The smallest absolute Gasteiger partial charge is 0.271 e. The third-order valence-corrected chi connectivity index (χ3v) is 2.95. The number of hydrogen-bond donors (Lipinski definition) is 3. The van der Waals surface area contributed by atoms with E-state index in [0.717, 1.165) is 18.5 Å². The highest BCUT2D eigenvalue weighted by atomic mass is 16.3. The number of nitrogens with one attached hydrogen (secondary N) is 2. The van der Waals surface area contributed by atoms with Crippen LogP contribution in [-0.2, 0) is 0 Å². The summed E-state index contributed by atoms with van der Waals surface area (Å²) in [6.07, 6.45) is 3.18. The Labute approximate surface area is 108 Å². The van der Waals surface area contributed by atoms with Crippen LogP contribution in [0.15, 0.2) is 6.07 Å². The van der Waals surface area contributed by atoms with Crippen LogP contribution in [0.4, 0.5) is 0 Å². The molecular weight excluding hydrogens is 230 g/mol. The molecule has 0 bridgehead atoms. The van der Waals surface area contributed by atoms with Crippen molar-refractivity contribution >= 4 is 5.91 Å². The molecule has 18 heavy (non-hydrogen) atoms. The van der Waals surface area contributed by atoms with Gasteiger partial charge in [0.25, 0.3) is 5.91 Å². The summed E-state index contributed by atoms with van der Waals surface area (Å²) in [5.41, 5.74) is 0.408. The Morgan fingerprint density at radius 3 is 2.50 bits per heavy atom. The molecule has 0 aliphatic carbocycles. The van der Waals surface area contributed by atoms with Crippen molar-refractivity contribution in [2.75, 3.05) is 6.54 Å². The van der Waals surface area contributed by atoms with Crippen LogP contribution in [-0.4, -0.2) is 33.4 Å². The maximum Gasteiger partial charge on any atom is 0.271 e. The maximum atomic E-state index is 11.8. The fraction of sp³-hybridized carbons (Fsp3) is 0.692. The van der Waals surface area contributed by atoms with E-state index in [2.05, 4.69) is 15.5 Å². The number of hydrogen-bond acceptors (Lipinski definition) is 3. The summed E-state index contributed by atoms with van der Waals surface area (Å²) in [6.45, 7) is 6.17. The highest BCUT2D eigenvalue weighted by molar-refractivity contribution is 5.92. The van der Waals surface area contributed by atoms with E-state index in [1.54, 1.807) is 6.07 Å². The average molecular weight is 253 g/mol. The second kappa shape index (κ2) is 6.54.